The Hall–Kier alpha value is -1.97. The van der Waals surface area contributed by atoms with E-state index in [9.17, 15) is 4.79 Å². The Morgan fingerprint density at radius 3 is 2.81 bits per heavy atom. The maximum absolute atomic E-state index is 10.8. The monoisotopic (exact) mass is 222 g/mol. The number of ether oxygens (including phenoxy) is 2. The maximum atomic E-state index is 10.8. The largest absolute Gasteiger partial charge is 0.497 e. The molecule has 0 fully saturated rings. The average Bonchev–Trinajstić information content (AvgIpc) is 2.28. The van der Waals surface area contributed by atoms with Crippen LogP contribution in [0.15, 0.2) is 30.0 Å². The van der Waals surface area contributed by atoms with E-state index in [0.29, 0.717) is 12.4 Å². The van der Waals surface area contributed by atoms with E-state index in [1.165, 1.54) is 6.08 Å². The first-order valence-corrected chi connectivity index (χ1v) is 4.89. The van der Waals surface area contributed by atoms with Crippen molar-refractivity contribution >= 4 is 12.0 Å². The van der Waals surface area contributed by atoms with Crippen LogP contribution in [0.5, 0.6) is 5.75 Å². The summed E-state index contributed by atoms with van der Waals surface area (Å²) in [7, 11) is 1.56. The lowest BCUT2D eigenvalue weighted by atomic mass is 10.2. The minimum absolute atomic E-state index is 0.0734. The van der Waals surface area contributed by atoms with Gasteiger partial charge in [0, 0.05) is 0 Å². The standard InChI is InChI=1S/C12H14O4/c1-3-16-11(12(13)14)8-9-5-4-6-10(7-9)15-2/h4-8H,3H2,1-2H3,(H,13,14)/b11-8+. The summed E-state index contributed by atoms with van der Waals surface area (Å²) in [5.74, 6) is -0.476. The topological polar surface area (TPSA) is 55.8 Å². The van der Waals surface area contributed by atoms with Crippen molar-refractivity contribution in [2.75, 3.05) is 13.7 Å². The number of hydrogen-bond acceptors (Lipinski definition) is 3. The molecule has 0 saturated heterocycles. The molecule has 0 unspecified atom stereocenters. The first-order chi connectivity index (χ1) is 7.67. The number of carboxylic acid groups (broad SMARTS) is 1. The molecule has 4 heteroatoms. The van der Waals surface area contributed by atoms with Gasteiger partial charge >= 0.3 is 5.97 Å². The predicted octanol–water partition coefficient (Wildman–Crippen LogP) is 2.16. The van der Waals surface area contributed by atoms with Crippen LogP contribution in [-0.4, -0.2) is 24.8 Å². The molecule has 0 radical (unpaired) electrons. The number of carboxylic acids is 1. The molecule has 0 saturated carbocycles. The number of methoxy groups -OCH3 is 1. The molecule has 4 nitrogen and oxygen atoms in total. The Morgan fingerprint density at radius 2 is 2.25 bits per heavy atom. The number of benzene rings is 1. The molecule has 0 atom stereocenters. The van der Waals surface area contributed by atoms with Gasteiger partial charge in [-0.15, -0.1) is 0 Å². The zero-order valence-electron chi connectivity index (χ0n) is 9.27. The summed E-state index contributed by atoms with van der Waals surface area (Å²) in [6, 6.07) is 7.10. The van der Waals surface area contributed by atoms with Crippen molar-refractivity contribution in [3.05, 3.63) is 35.6 Å². The van der Waals surface area contributed by atoms with Gasteiger partial charge in [-0.2, -0.15) is 0 Å². The second kappa shape index (κ2) is 5.80. The molecule has 1 N–H and O–H groups in total. The van der Waals surface area contributed by atoms with Crippen LogP contribution in [0.25, 0.3) is 6.08 Å². The zero-order chi connectivity index (χ0) is 12.0. The summed E-state index contributed by atoms with van der Waals surface area (Å²) < 4.78 is 10.0. The molecule has 0 amide bonds. The summed E-state index contributed by atoms with van der Waals surface area (Å²) >= 11 is 0. The summed E-state index contributed by atoms with van der Waals surface area (Å²) in [6.07, 6.45) is 1.47. The van der Waals surface area contributed by atoms with E-state index >= 15 is 0 Å². The normalized spacial score (nSPS) is 11.0. The van der Waals surface area contributed by atoms with Crippen LogP contribution < -0.4 is 4.74 Å². The van der Waals surface area contributed by atoms with Gasteiger partial charge in [0.05, 0.1) is 13.7 Å². The lowest BCUT2D eigenvalue weighted by Gasteiger charge is -2.04. The Kier molecular flexibility index (Phi) is 4.39. The Balaban J connectivity index is 2.97. The summed E-state index contributed by atoms with van der Waals surface area (Å²) in [5, 5.41) is 8.87. The minimum Gasteiger partial charge on any atom is -0.497 e. The lowest BCUT2D eigenvalue weighted by Crippen LogP contribution is -2.04. The van der Waals surface area contributed by atoms with E-state index in [0.717, 1.165) is 5.56 Å². The van der Waals surface area contributed by atoms with Gasteiger partial charge in [-0.3, -0.25) is 0 Å². The van der Waals surface area contributed by atoms with Crippen molar-refractivity contribution in [1.82, 2.24) is 0 Å². The van der Waals surface area contributed by atoms with Gasteiger partial charge in [0.1, 0.15) is 5.75 Å². The third kappa shape index (κ3) is 3.31. The molecular weight excluding hydrogens is 208 g/mol. The highest BCUT2D eigenvalue weighted by Gasteiger charge is 2.07. The SMILES string of the molecule is CCO/C(=C/c1cccc(OC)c1)C(=O)O. The summed E-state index contributed by atoms with van der Waals surface area (Å²) in [4.78, 5) is 10.8. The van der Waals surface area contributed by atoms with Gasteiger partial charge in [0.2, 0.25) is 5.76 Å². The van der Waals surface area contributed by atoms with Crippen LogP contribution in [0.1, 0.15) is 12.5 Å². The Bertz CT molecular complexity index is 396. The molecule has 0 aliphatic heterocycles. The molecule has 1 aromatic rings. The van der Waals surface area contributed by atoms with Gasteiger partial charge in [0.25, 0.3) is 0 Å². The molecule has 1 rings (SSSR count). The van der Waals surface area contributed by atoms with Crippen molar-refractivity contribution in [2.24, 2.45) is 0 Å². The van der Waals surface area contributed by atoms with Gasteiger partial charge in [-0.25, -0.2) is 4.79 Å². The highest BCUT2D eigenvalue weighted by molar-refractivity contribution is 5.89. The third-order valence-electron chi connectivity index (χ3n) is 1.90. The molecule has 0 heterocycles. The number of carbonyl (C=O) groups is 1. The predicted molar refractivity (Wildman–Crippen MR) is 60.2 cm³/mol. The molecule has 16 heavy (non-hydrogen) atoms. The van der Waals surface area contributed by atoms with Crippen LogP contribution in [0.4, 0.5) is 0 Å². The van der Waals surface area contributed by atoms with Crippen molar-refractivity contribution in [1.29, 1.82) is 0 Å². The maximum Gasteiger partial charge on any atom is 0.371 e. The quantitative estimate of drug-likeness (QED) is 0.612. The fourth-order valence-corrected chi connectivity index (χ4v) is 1.20. The molecule has 0 aliphatic carbocycles. The first kappa shape index (κ1) is 12.1. The fraction of sp³-hybridized carbons (Fsp3) is 0.250. The Morgan fingerprint density at radius 1 is 1.50 bits per heavy atom. The van der Waals surface area contributed by atoms with E-state index in [1.807, 2.05) is 0 Å². The van der Waals surface area contributed by atoms with Gasteiger partial charge < -0.3 is 14.6 Å². The third-order valence-corrected chi connectivity index (χ3v) is 1.90. The molecule has 86 valence electrons. The number of aliphatic carboxylic acids is 1. The van der Waals surface area contributed by atoms with Crippen molar-refractivity contribution in [3.8, 4) is 5.75 Å². The van der Waals surface area contributed by atoms with Crippen LogP contribution in [0.2, 0.25) is 0 Å². The highest BCUT2D eigenvalue weighted by Crippen LogP contribution is 2.15. The van der Waals surface area contributed by atoms with Crippen LogP contribution in [0, 0.1) is 0 Å². The molecular formula is C12H14O4. The van der Waals surface area contributed by atoms with E-state index in [2.05, 4.69) is 0 Å². The van der Waals surface area contributed by atoms with Crippen LogP contribution >= 0.6 is 0 Å². The lowest BCUT2D eigenvalue weighted by molar-refractivity contribution is -0.136. The molecule has 0 bridgehead atoms. The Labute approximate surface area is 94.1 Å². The van der Waals surface area contributed by atoms with Gasteiger partial charge in [-0.05, 0) is 30.7 Å². The van der Waals surface area contributed by atoms with Gasteiger partial charge in [-0.1, -0.05) is 12.1 Å². The van der Waals surface area contributed by atoms with Crippen LogP contribution in [-0.2, 0) is 9.53 Å². The van der Waals surface area contributed by atoms with Crippen molar-refractivity contribution in [2.45, 2.75) is 6.92 Å². The van der Waals surface area contributed by atoms with Crippen molar-refractivity contribution in [3.63, 3.8) is 0 Å². The summed E-state index contributed by atoms with van der Waals surface area (Å²) in [6.45, 7) is 2.06. The summed E-state index contributed by atoms with van der Waals surface area (Å²) in [5.41, 5.74) is 0.727. The fourth-order valence-electron chi connectivity index (χ4n) is 1.20. The van der Waals surface area contributed by atoms with E-state index < -0.39 is 5.97 Å². The smallest absolute Gasteiger partial charge is 0.371 e. The van der Waals surface area contributed by atoms with E-state index in [4.69, 9.17) is 14.6 Å². The van der Waals surface area contributed by atoms with Crippen LogP contribution in [0.3, 0.4) is 0 Å². The first-order valence-electron chi connectivity index (χ1n) is 4.89. The average molecular weight is 222 g/mol. The van der Waals surface area contributed by atoms with E-state index in [-0.39, 0.29) is 5.76 Å². The second-order valence-corrected chi connectivity index (χ2v) is 3.02. The van der Waals surface area contributed by atoms with Gasteiger partial charge in [0.15, 0.2) is 0 Å². The molecule has 0 aliphatic rings. The zero-order valence-corrected chi connectivity index (χ0v) is 9.27. The molecule has 0 aromatic heterocycles. The minimum atomic E-state index is -1.08. The van der Waals surface area contributed by atoms with Crippen molar-refractivity contribution < 1.29 is 19.4 Å². The highest BCUT2D eigenvalue weighted by atomic mass is 16.5. The molecule has 1 aromatic carbocycles. The number of rotatable bonds is 5. The van der Waals surface area contributed by atoms with E-state index in [1.54, 1.807) is 38.3 Å². The second-order valence-electron chi connectivity index (χ2n) is 3.02. The number of hydrogen-bond donors (Lipinski definition) is 1. The molecule has 0 spiro atoms.